The smallest absolute Gasteiger partial charge is 0.272 e. The first-order valence-corrected chi connectivity index (χ1v) is 9.15. The number of benzene rings is 2. The quantitative estimate of drug-likeness (QED) is 0.587. The second kappa shape index (κ2) is 7.70. The van der Waals surface area contributed by atoms with Crippen molar-refractivity contribution in [3.8, 4) is 5.75 Å². The van der Waals surface area contributed by atoms with E-state index in [1.165, 1.54) is 5.56 Å². The molecule has 0 aliphatic heterocycles. The molecule has 3 aromatic rings. The van der Waals surface area contributed by atoms with Crippen molar-refractivity contribution >= 4 is 22.5 Å². The summed E-state index contributed by atoms with van der Waals surface area (Å²) >= 11 is 0. The minimum absolute atomic E-state index is 0.123. The van der Waals surface area contributed by atoms with Crippen molar-refractivity contribution in [3.05, 3.63) is 71.9 Å². The van der Waals surface area contributed by atoms with Crippen LogP contribution >= 0.6 is 0 Å². The number of anilines is 1. The van der Waals surface area contributed by atoms with Gasteiger partial charge < -0.3 is 14.6 Å². The van der Waals surface area contributed by atoms with E-state index < -0.39 is 0 Å². The van der Waals surface area contributed by atoms with Crippen LogP contribution in [0.2, 0.25) is 0 Å². The maximum Gasteiger partial charge on any atom is 0.272 e. The summed E-state index contributed by atoms with van der Waals surface area (Å²) in [5.74, 6) is 1.07. The zero-order valence-electron chi connectivity index (χ0n) is 16.4. The van der Waals surface area contributed by atoms with Crippen LogP contribution in [0.4, 0.5) is 5.69 Å². The molecule has 0 saturated heterocycles. The fourth-order valence-electron chi connectivity index (χ4n) is 3.38. The largest absolute Gasteiger partial charge is 0.497 e. The van der Waals surface area contributed by atoms with E-state index in [0.717, 1.165) is 27.9 Å². The van der Waals surface area contributed by atoms with Crippen LogP contribution in [-0.4, -0.2) is 17.6 Å². The summed E-state index contributed by atoms with van der Waals surface area (Å²) in [6.45, 7) is 10.8. The molecule has 27 heavy (non-hydrogen) atoms. The van der Waals surface area contributed by atoms with Crippen molar-refractivity contribution in [1.82, 2.24) is 4.57 Å². The van der Waals surface area contributed by atoms with Gasteiger partial charge in [0.25, 0.3) is 5.91 Å². The number of rotatable bonds is 6. The first-order chi connectivity index (χ1) is 13.0. The molecular formula is C23H26N2O2. The van der Waals surface area contributed by atoms with Gasteiger partial charge in [0.1, 0.15) is 11.4 Å². The number of aromatic nitrogens is 1. The van der Waals surface area contributed by atoms with Crippen molar-refractivity contribution in [2.45, 2.75) is 33.2 Å². The number of hydrogen-bond donors (Lipinski definition) is 1. The molecule has 0 saturated carbocycles. The average molecular weight is 362 g/mol. The number of ether oxygens (including phenoxy) is 1. The third-order valence-electron chi connectivity index (χ3n) is 4.88. The number of nitrogens with zero attached hydrogens (tertiary/aromatic N) is 1. The number of carbonyl (C=O) groups excluding carboxylic acids is 1. The molecule has 2 aromatic carbocycles. The van der Waals surface area contributed by atoms with Crippen LogP contribution in [-0.2, 0) is 6.54 Å². The zero-order chi connectivity index (χ0) is 19.6. The van der Waals surface area contributed by atoms with E-state index in [2.05, 4.69) is 43.9 Å². The predicted molar refractivity (Wildman–Crippen MR) is 112 cm³/mol. The summed E-state index contributed by atoms with van der Waals surface area (Å²) in [5.41, 5.74) is 4.71. The van der Waals surface area contributed by atoms with Gasteiger partial charge in [0.15, 0.2) is 0 Å². The molecule has 0 aliphatic rings. The Morgan fingerprint density at radius 2 is 1.93 bits per heavy atom. The van der Waals surface area contributed by atoms with Gasteiger partial charge >= 0.3 is 0 Å². The highest BCUT2D eigenvalue weighted by Gasteiger charge is 2.20. The highest BCUT2D eigenvalue weighted by molar-refractivity contribution is 6.08. The Balaban J connectivity index is 2.05. The van der Waals surface area contributed by atoms with E-state index in [9.17, 15) is 4.79 Å². The fraction of sp³-hybridized carbons (Fsp3) is 0.261. The van der Waals surface area contributed by atoms with Gasteiger partial charge in [0.2, 0.25) is 0 Å². The summed E-state index contributed by atoms with van der Waals surface area (Å²) < 4.78 is 7.20. The first-order valence-electron chi connectivity index (χ1n) is 9.15. The molecule has 0 fully saturated rings. The lowest BCUT2D eigenvalue weighted by atomic mass is 10.0. The lowest BCUT2D eigenvalue weighted by molar-refractivity contribution is 0.101. The van der Waals surface area contributed by atoms with Crippen LogP contribution in [0.1, 0.15) is 41.4 Å². The Morgan fingerprint density at radius 1 is 1.22 bits per heavy atom. The van der Waals surface area contributed by atoms with Crippen molar-refractivity contribution in [1.29, 1.82) is 0 Å². The van der Waals surface area contributed by atoms with Gasteiger partial charge in [0.05, 0.1) is 7.11 Å². The van der Waals surface area contributed by atoms with Gasteiger partial charge in [-0.05, 0) is 60.4 Å². The molecule has 0 aliphatic carbocycles. The van der Waals surface area contributed by atoms with Gasteiger partial charge in [0, 0.05) is 23.1 Å². The van der Waals surface area contributed by atoms with Gasteiger partial charge in [-0.1, -0.05) is 26.0 Å². The van der Waals surface area contributed by atoms with Crippen molar-refractivity contribution in [2.24, 2.45) is 0 Å². The number of methoxy groups -OCH3 is 1. The molecule has 0 atom stereocenters. The summed E-state index contributed by atoms with van der Waals surface area (Å²) in [6, 6.07) is 13.8. The molecule has 140 valence electrons. The topological polar surface area (TPSA) is 43.3 Å². The van der Waals surface area contributed by atoms with Gasteiger partial charge in [-0.15, -0.1) is 6.58 Å². The Labute approximate surface area is 160 Å². The Bertz CT molecular complexity index is 982. The zero-order valence-corrected chi connectivity index (χ0v) is 16.4. The highest BCUT2D eigenvalue weighted by Crippen LogP contribution is 2.30. The third-order valence-corrected chi connectivity index (χ3v) is 4.88. The first kappa shape index (κ1) is 18.8. The third kappa shape index (κ3) is 3.61. The second-order valence-corrected chi connectivity index (χ2v) is 6.99. The van der Waals surface area contributed by atoms with Crippen LogP contribution in [0.25, 0.3) is 10.9 Å². The van der Waals surface area contributed by atoms with Crippen LogP contribution in [0.5, 0.6) is 5.75 Å². The molecule has 0 bridgehead atoms. The SMILES string of the molecule is C=CCn1c(C(=O)Nc2ccc(OC)cc2)c(C)c2cc(C(C)C)ccc21. The number of hydrogen-bond acceptors (Lipinski definition) is 2. The summed E-state index contributed by atoms with van der Waals surface area (Å²) in [5, 5.41) is 4.11. The molecule has 4 nitrogen and oxygen atoms in total. The lowest BCUT2D eigenvalue weighted by Crippen LogP contribution is -2.18. The van der Waals surface area contributed by atoms with Gasteiger partial charge in [-0.2, -0.15) is 0 Å². The van der Waals surface area contributed by atoms with E-state index in [4.69, 9.17) is 4.74 Å². The Hall–Kier alpha value is -3.01. The average Bonchev–Trinajstić information content (AvgIpc) is 2.94. The fourth-order valence-corrected chi connectivity index (χ4v) is 3.38. The van der Waals surface area contributed by atoms with E-state index in [1.807, 2.05) is 41.8 Å². The lowest BCUT2D eigenvalue weighted by Gasteiger charge is -2.11. The number of nitrogens with one attached hydrogen (secondary N) is 1. The van der Waals surface area contributed by atoms with Crippen molar-refractivity contribution < 1.29 is 9.53 Å². The predicted octanol–water partition coefficient (Wildman–Crippen LogP) is 5.52. The molecule has 0 spiro atoms. The molecule has 1 heterocycles. The monoisotopic (exact) mass is 362 g/mol. The van der Waals surface area contributed by atoms with E-state index in [0.29, 0.717) is 18.2 Å². The molecular weight excluding hydrogens is 336 g/mol. The van der Waals surface area contributed by atoms with Crippen molar-refractivity contribution in [2.75, 3.05) is 12.4 Å². The Morgan fingerprint density at radius 3 is 2.52 bits per heavy atom. The maximum absolute atomic E-state index is 13.1. The number of aryl methyl sites for hydroxylation is 1. The van der Waals surface area contributed by atoms with E-state index >= 15 is 0 Å². The van der Waals surface area contributed by atoms with Crippen LogP contribution in [0.15, 0.2) is 55.1 Å². The number of carbonyl (C=O) groups is 1. The minimum Gasteiger partial charge on any atom is -0.497 e. The Kier molecular flexibility index (Phi) is 5.36. The van der Waals surface area contributed by atoms with Gasteiger partial charge in [-0.25, -0.2) is 0 Å². The molecule has 3 rings (SSSR count). The molecule has 0 unspecified atom stereocenters. The minimum atomic E-state index is -0.123. The molecule has 1 aromatic heterocycles. The summed E-state index contributed by atoms with van der Waals surface area (Å²) in [6.07, 6.45) is 1.82. The summed E-state index contributed by atoms with van der Waals surface area (Å²) in [7, 11) is 1.62. The molecule has 4 heteroatoms. The van der Waals surface area contributed by atoms with Crippen molar-refractivity contribution in [3.63, 3.8) is 0 Å². The van der Waals surface area contributed by atoms with E-state index in [1.54, 1.807) is 7.11 Å². The highest BCUT2D eigenvalue weighted by atomic mass is 16.5. The second-order valence-electron chi connectivity index (χ2n) is 6.99. The van der Waals surface area contributed by atoms with Crippen LogP contribution in [0, 0.1) is 6.92 Å². The van der Waals surface area contributed by atoms with Gasteiger partial charge in [-0.3, -0.25) is 4.79 Å². The molecule has 0 radical (unpaired) electrons. The number of allylic oxidation sites excluding steroid dienone is 1. The van der Waals surface area contributed by atoms with Crippen LogP contribution in [0.3, 0.4) is 0 Å². The molecule has 1 amide bonds. The molecule has 1 N–H and O–H groups in total. The number of amides is 1. The normalized spacial score (nSPS) is 11.0. The maximum atomic E-state index is 13.1. The van der Waals surface area contributed by atoms with Crippen LogP contribution < -0.4 is 10.1 Å². The van der Waals surface area contributed by atoms with E-state index in [-0.39, 0.29) is 5.91 Å². The summed E-state index contributed by atoms with van der Waals surface area (Å²) in [4.78, 5) is 13.1. The number of fused-ring (bicyclic) bond motifs is 1. The standard InChI is InChI=1S/C23H26N2O2/c1-6-13-25-21-12-7-17(15(2)3)14-20(21)16(4)22(25)23(26)24-18-8-10-19(27-5)11-9-18/h6-12,14-15H,1,13H2,2-5H3,(H,24,26).